The van der Waals surface area contributed by atoms with E-state index in [2.05, 4.69) is 33.3 Å². The van der Waals surface area contributed by atoms with E-state index in [0.717, 1.165) is 50.8 Å². The molecule has 1 aromatic heterocycles. The Morgan fingerprint density at radius 1 is 1.32 bits per heavy atom. The van der Waals surface area contributed by atoms with Gasteiger partial charge in [-0.15, -0.1) is 10.2 Å². The first-order chi connectivity index (χ1) is 10.8. The van der Waals surface area contributed by atoms with Gasteiger partial charge in [-0.2, -0.15) is 0 Å². The predicted molar refractivity (Wildman–Crippen MR) is 80.6 cm³/mol. The summed E-state index contributed by atoms with van der Waals surface area (Å²) in [6, 6.07) is 6.53. The highest BCUT2D eigenvalue weighted by atomic mass is 16.5. The van der Waals surface area contributed by atoms with E-state index < -0.39 is 0 Å². The van der Waals surface area contributed by atoms with Gasteiger partial charge in [0.15, 0.2) is 5.82 Å². The van der Waals surface area contributed by atoms with Crippen molar-refractivity contribution >= 4 is 0 Å². The summed E-state index contributed by atoms with van der Waals surface area (Å²) in [6.07, 6.45) is 2.74. The number of rotatable bonds is 3. The number of hydrogen-bond donors (Lipinski definition) is 0. The molecule has 4 rings (SSSR count). The van der Waals surface area contributed by atoms with Crippen LogP contribution in [0.2, 0.25) is 0 Å². The largest absolute Gasteiger partial charge is 0.493 e. The van der Waals surface area contributed by atoms with Crippen molar-refractivity contribution in [3.8, 4) is 5.75 Å². The van der Waals surface area contributed by atoms with Crippen molar-refractivity contribution in [2.45, 2.75) is 19.1 Å². The van der Waals surface area contributed by atoms with E-state index in [0.29, 0.717) is 0 Å². The van der Waals surface area contributed by atoms with Crippen LogP contribution in [0.5, 0.6) is 5.75 Å². The highest BCUT2D eigenvalue weighted by molar-refractivity contribution is 5.39. The third-order valence-electron chi connectivity index (χ3n) is 4.35. The number of hydrogen-bond acceptors (Lipinski definition) is 5. The number of nitrogens with zero attached hydrogens (tertiary/aromatic N) is 4. The summed E-state index contributed by atoms with van der Waals surface area (Å²) in [7, 11) is 1.96. The van der Waals surface area contributed by atoms with Crippen molar-refractivity contribution in [3.63, 3.8) is 0 Å². The van der Waals surface area contributed by atoms with Crippen LogP contribution in [-0.2, 0) is 24.8 Å². The van der Waals surface area contributed by atoms with Crippen LogP contribution in [0.4, 0.5) is 0 Å². The average molecular weight is 300 g/mol. The Morgan fingerprint density at radius 3 is 3.14 bits per heavy atom. The zero-order chi connectivity index (χ0) is 14.9. The molecule has 2 aliphatic rings. The second-order valence-electron chi connectivity index (χ2n) is 5.94. The molecule has 0 saturated carbocycles. The fraction of sp³-hybridized carbons (Fsp3) is 0.500. The zero-order valence-corrected chi connectivity index (χ0v) is 12.7. The van der Waals surface area contributed by atoms with Crippen LogP contribution in [0.3, 0.4) is 0 Å². The van der Waals surface area contributed by atoms with E-state index in [1.165, 1.54) is 11.1 Å². The van der Waals surface area contributed by atoms with Crippen molar-refractivity contribution in [3.05, 3.63) is 41.5 Å². The summed E-state index contributed by atoms with van der Waals surface area (Å²) in [6.45, 7) is 4.27. The van der Waals surface area contributed by atoms with E-state index >= 15 is 0 Å². The Labute approximate surface area is 129 Å². The van der Waals surface area contributed by atoms with Crippen molar-refractivity contribution in [1.82, 2.24) is 19.7 Å². The van der Waals surface area contributed by atoms with Gasteiger partial charge < -0.3 is 14.0 Å². The molecule has 0 radical (unpaired) electrons. The van der Waals surface area contributed by atoms with Crippen LogP contribution in [0.1, 0.15) is 23.1 Å². The minimum atomic E-state index is -0.000916. The first-order valence-corrected chi connectivity index (χ1v) is 7.72. The summed E-state index contributed by atoms with van der Waals surface area (Å²) >= 11 is 0. The third-order valence-corrected chi connectivity index (χ3v) is 4.35. The Kier molecular flexibility index (Phi) is 3.56. The minimum Gasteiger partial charge on any atom is -0.493 e. The predicted octanol–water partition coefficient (Wildman–Crippen LogP) is 1.32. The molecule has 0 amide bonds. The smallest absolute Gasteiger partial charge is 0.163 e. The molecule has 1 atom stereocenters. The molecule has 2 aromatic rings. The Bertz CT molecular complexity index is 670. The maximum Gasteiger partial charge on any atom is 0.163 e. The van der Waals surface area contributed by atoms with Gasteiger partial charge in [0.1, 0.15) is 18.2 Å². The number of benzene rings is 1. The number of aromatic nitrogens is 3. The first-order valence-electron chi connectivity index (χ1n) is 7.72. The monoisotopic (exact) mass is 300 g/mol. The fourth-order valence-corrected chi connectivity index (χ4v) is 3.18. The Morgan fingerprint density at radius 2 is 2.27 bits per heavy atom. The van der Waals surface area contributed by atoms with E-state index in [1.54, 1.807) is 6.33 Å². The first kappa shape index (κ1) is 13.7. The molecular formula is C16H20N4O2. The van der Waals surface area contributed by atoms with E-state index in [1.807, 2.05) is 11.6 Å². The van der Waals surface area contributed by atoms with Crippen LogP contribution in [-0.4, -0.2) is 46.0 Å². The summed E-state index contributed by atoms with van der Waals surface area (Å²) in [5.74, 6) is 1.94. The summed E-state index contributed by atoms with van der Waals surface area (Å²) in [5, 5.41) is 8.12. The highest BCUT2D eigenvalue weighted by Crippen LogP contribution is 2.27. The van der Waals surface area contributed by atoms with Gasteiger partial charge in [-0.1, -0.05) is 12.1 Å². The number of ether oxygens (including phenoxy) is 2. The SMILES string of the molecule is Cn1cnnc1[C@@H]1CN(Cc2ccc3c(c2)CCO3)CCO1. The molecule has 116 valence electrons. The second kappa shape index (κ2) is 5.70. The maximum atomic E-state index is 5.86. The topological polar surface area (TPSA) is 52.4 Å². The molecule has 0 bridgehead atoms. The molecule has 1 saturated heterocycles. The van der Waals surface area contributed by atoms with Gasteiger partial charge in [0.25, 0.3) is 0 Å². The third kappa shape index (κ3) is 2.60. The van der Waals surface area contributed by atoms with Gasteiger partial charge in [0, 0.05) is 33.1 Å². The van der Waals surface area contributed by atoms with Crippen LogP contribution in [0.25, 0.3) is 0 Å². The second-order valence-corrected chi connectivity index (χ2v) is 5.94. The van der Waals surface area contributed by atoms with Crippen LogP contribution in [0, 0.1) is 0 Å². The van der Waals surface area contributed by atoms with Gasteiger partial charge in [0.2, 0.25) is 0 Å². The van der Waals surface area contributed by atoms with E-state index in [-0.39, 0.29) is 6.10 Å². The number of aryl methyl sites for hydroxylation is 1. The minimum absolute atomic E-state index is 0.000916. The molecule has 22 heavy (non-hydrogen) atoms. The molecule has 0 N–H and O–H groups in total. The number of morpholine rings is 1. The molecule has 2 aliphatic heterocycles. The van der Waals surface area contributed by atoms with Crippen LogP contribution >= 0.6 is 0 Å². The van der Waals surface area contributed by atoms with Crippen LogP contribution < -0.4 is 4.74 Å². The lowest BCUT2D eigenvalue weighted by Gasteiger charge is -2.32. The zero-order valence-electron chi connectivity index (χ0n) is 12.7. The normalized spacial score (nSPS) is 21.6. The van der Waals surface area contributed by atoms with Gasteiger partial charge >= 0.3 is 0 Å². The average Bonchev–Trinajstić information content (AvgIpc) is 3.15. The van der Waals surface area contributed by atoms with Gasteiger partial charge in [0.05, 0.1) is 13.2 Å². The van der Waals surface area contributed by atoms with Crippen molar-refractivity contribution in [2.24, 2.45) is 7.05 Å². The lowest BCUT2D eigenvalue weighted by molar-refractivity contribution is -0.0385. The summed E-state index contributed by atoms with van der Waals surface area (Å²) < 4.78 is 13.4. The van der Waals surface area contributed by atoms with Gasteiger partial charge in [-0.05, 0) is 17.2 Å². The molecule has 0 spiro atoms. The molecule has 1 aromatic carbocycles. The Balaban J connectivity index is 1.45. The molecule has 6 nitrogen and oxygen atoms in total. The standard InChI is InChI=1S/C16H20N4O2/c1-19-11-17-18-16(19)15-10-20(5-7-22-15)9-12-2-3-14-13(8-12)4-6-21-14/h2-3,8,11,15H,4-7,9-10H2,1H3/t15-/m0/s1. The maximum absolute atomic E-state index is 5.86. The van der Waals surface area contributed by atoms with Gasteiger partial charge in [-0.3, -0.25) is 4.90 Å². The quantitative estimate of drug-likeness (QED) is 0.856. The molecule has 0 aliphatic carbocycles. The summed E-state index contributed by atoms with van der Waals surface area (Å²) in [5.41, 5.74) is 2.67. The summed E-state index contributed by atoms with van der Waals surface area (Å²) in [4.78, 5) is 2.42. The molecular weight excluding hydrogens is 280 g/mol. The lowest BCUT2D eigenvalue weighted by Crippen LogP contribution is -2.38. The van der Waals surface area contributed by atoms with E-state index in [9.17, 15) is 0 Å². The Hall–Kier alpha value is -1.92. The molecule has 6 heteroatoms. The van der Waals surface area contributed by atoms with Crippen molar-refractivity contribution < 1.29 is 9.47 Å². The molecule has 1 fully saturated rings. The highest BCUT2D eigenvalue weighted by Gasteiger charge is 2.25. The molecule has 0 unspecified atom stereocenters. The fourth-order valence-electron chi connectivity index (χ4n) is 3.18. The number of fused-ring (bicyclic) bond motifs is 1. The van der Waals surface area contributed by atoms with E-state index in [4.69, 9.17) is 9.47 Å². The van der Waals surface area contributed by atoms with Crippen molar-refractivity contribution in [1.29, 1.82) is 0 Å². The van der Waals surface area contributed by atoms with Gasteiger partial charge in [-0.25, -0.2) is 0 Å². The van der Waals surface area contributed by atoms with Crippen molar-refractivity contribution in [2.75, 3.05) is 26.3 Å². The van der Waals surface area contributed by atoms with Crippen LogP contribution in [0.15, 0.2) is 24.5 Å². The lowest BCUT2D eigenvalue weighted by atomic mass is 10.1. The molecule has 3 heterocycles.